The highest BCUT2D eigenvalue weighted by atomic mass is 127. The molecule has 0 unspecified atom stereocenters. The zero-order valence-corrected chi connectivity index (χ0v) is 9.04. The van der Waals surface area contributed by atoms with Crippen molar-refractivity contribution in [2.45, 2.75) is 6.92 Å². The normalized spacial score (nSPS) is 9.67. The summed E-state index contributed by atoms with van der Waals surface area (Å²) in [6, 6.07) is 0. The summed E-state index contributed by atoms with van der Waals surface area (Å²) in [5.74, 6) is 0.833. The van der Waals surface area contributed by atoms with Crippen molar-refractivity contribution in [3.8, 4) is 0 Å². The van der Waals surface area contributed by atoms with Crippen molar-refractivity contribution in [2.24, 2.45) is 0 Å². The summed E-state index contributed by atoms with van der Waals surface area (Å²) < 4.78 is 2.14. The number of aromatic nitrogens is 2. The Morgan fingerprint density at radius 3 is 2.56 bits per heavy atom. The van der Waals surface area contributed by atoms with Gasteiger partial charge in [0.2, 0.25) is 0 Å². The molecule has 0 saturated carbocycles. The molecule has 0 bridgehead atoms. The van der Waals surface area contributed by atoms with E-state index in [1.54, 1.807) is 0 Å². The number of halogens is 2. The first kappa shape index (κ1) is 7.64. The third-order valence-corrected chi connectivity index (χ3v) is 3.47. The molecule has 1 heterocycles. The molecule has 0 fully saturated rings. The molecule has 0 spiro atoms. The van der Waals surface area contributed by atoms with Gasteiger partial charge in [-0.05, 0) is 52.1 Å². The van der Waals surface area contributed by atoms with E-state index in [2.05, 4.69) is 55.1 Å². The van der Waals surface area contributed by atoms with Crippen molar-refractivity contribution < 1.29 is 0 Å². The molecule has 0 aliphatic carbocycles. The van der Waals surface area contributed by atoms with E-state index < -0.39 is 0 Å². The molecule has 0 N–H and O–H groups in total. The summed E-state index contributed by atoms with van der Waals surface area (Å²) in [4.78, 5) is 8.16. The standard InChI is InChI=1S/C5H4I2N2/c1-3-8-2-4(6)5(7)9-3/h2H,1H3. The molecule has 0 atom stereocenters. The van der Waals surface area contributed by atoms with Gasteiger partial charge in [0.25, 0.3) is 0 Å². The van der Waals surface area contributed by atoms with Gasteiger partial charge in [-0.1, -0.05) is 0 Å². The van der Waals surface area contributed by atoms with E-state index in [-0.39, 0.29) is 0 Å². The van der Waals surface area contributed by atoms with Gasteiger partial charge in [-0.3, -0.25) is 0 Å². The van der Waals surface area contributed by atoms with Crippen molar-refractivity contribution >= 4 is 45.2 Å². The van der Waals surface area contributed by atoms with E-state index in [9.17, 15) is 0 Å². The molecule has 2 nitrogen and oxygen atoms in total. The fourth-order valence-corrected chi connectivity index (χ4v) is 1.18. The molecule has 1 aromatic rings. The van der Waals surface area contributed by atoms with Crippen molar-refractivity contribution in [1.82, 2.24) is 9.97 Å². The van der Waals surface area contributed by atoms with Crippen LogP contribution < -0.4 is 0 Å². The fraction of sp³-hybridized carbons (Fsp3) is 0.200. The van der Waals surface area contributed by atoms with Crippen LogP contribution in [0.3, 0.4) is 0 Å². The first-order chi connectivity index (χ1) is 4.20. The summed E-state index contributed by atoms with van der Waals surface area (Å²) in [7, 11) is 0. The smallest absolute Gasteiger partial charge is 0.126 e. The van der Waals surface area contributed by atoms with E-state index >= 15 is 0 Å². The maximum atomic E-state index is 4.14. The van der Waals surface area contributed by atoms with Gasteiger partial charge in [-0.15, -0.1) is 0 Å². The predicted octanol–water partition coefficient (Wildman–Crippen LogP) is 1.99. The SMILES string of the molecule is Cc1ncc(I)c(I)n1. The quantitative estimate of drug-likeness (QED) is 0.531. The van der Waals surface area contributed by atoms with Crippen LogP contribution in [-0.2, 0) is 0 Å². The molecule has 0 saturated heterocycles. The molecule has 4 heteroatoms. The van der Waals surface area contributed by atoms with Crippen LogP contribution in [0.4, 0.5) is 0 Å². The second kappa shape index (κ2) is 3.09. The highest BCUT2D eigenvalue weighted by Gasteiger charge is 1.95. The average Bonchev–Trinajstić information content (AvgIpc) is 1.80. The summed E-state index contributed by atoms with van der Waals surface area (Å²) in [5, 5.41) is 0. The molecule has 0 amide bonds. The lowest BCUT2D eigenvalue weighted by Crippen LogP contribution is -1.91. The van der Waals surface area contributed by atoms with Gasteiger partial charge < -0.3 is 0 Å². The van der Waals surface area contributed by atoms with Crippen LogP contribution >= 0.6 is 45.2 Å². The van der Waals surface area contributed by atoms with E-state index in [1.807, 2.05) is 13.1 Å². The molecule has 48 valence electrons. The largest absolute Gasteiger partial charge is 0.241 e. The second-order valence-electron chi connectivity index (χ2n) is 1.56. The predicted molar refractivity (Wildman–Crippen MR) is 52.2 cm³/mol. The average molecular weight is 346 g/mol. The number of hydrogen-bond acceptors (Lipinski definition) is 2. The van der Waals surface area contributed by atoms with Crippen LogP contribution in [0.1, 0.15) is 5.82 Å². The Labute approximate surface area is 80.8 Å². The Morgan fingerprint density at radius 1 is 1.44 bits per heavy atom. The van der Waals surface area contributed by atoms with Gasteiger partial charge in [-0.25, -0.2) is 9.97 Å². The van der Waals surface area contributed by atoms with Gasteiger partial charge in [-0.2, -0.15) is 0 Å². The highest BCUT2D eigenvalue weighted by molar-refractivity contribution is 14.1. The second-order valence-corrected chi connectivity index (χ2v) is 3.74. The third kappa shape index (κ3) is 1.99. The lowest BCUT2D eigenvalue weighted by Gasteiger charge is -1.93. The van der Waals surface area contributed by atoms with E-state index in [0.29, 0.717) is 0 Å². The van der Waals surface area contributed by atoms with Crippen molar-refractivity contribution in [3.05, 3.63) is 19.3 Å². The van der Waals surface area contributed by atoms with Crippen LogP contribution in [0.2, 0.25) is 0 Å². The van der Waals surface area contributed by atoms with Crippen molar-refractivity contribution in [3.63, 3.8) is 0 Å². The topological polar surface area (TPSA) is 25.8 Å². The first-order valence-corrected chi connectivity index (χ1v) is 4.50. The molecule has 0 radical (unpaired) electrons. The molecule has 1 aromatic heterocycles. The highest BCUT2D eigenvalue weighted by Crippen LogP contribution is 2.09. The Kier molecular flexibility index (Phi) is 2.62. The number of rotatable bonds is 0. The Bertz CT molecular complexity index is 224. The van der Waals surface area contributed by atoms with Gasteiger partial charge >= 0.3 is 0 Å². The van der Waals surface area contributed by atoms with Crippen LogP contribution in [0.25, 0.3) is 0 Å². The summed E-state index contributed by atoms with van der Waals surface area (Å²) in [5.41, 5.74) is 0. The third-order valence-electron chi connectivity index (χ3n) is 0.822. The van der Waals surface area contributed by atoms with Gasteiger partial charge in [0.15, 0.2) is 0 Å². The zero-order chi connectivity index (χ0) is 6.85. The number of nitrogens with zero attached hydrogens (tertiary/aromatic N) is 2. The fourth-order valence-electron chi connectivity index (χ4n) is 0.428. The minimum atomic E-state index is 0.833. The van der Waals surface area contributed by atoms with Crippen LogP contribution in [0.5, 0.6) is 0 Å². The Morgan fingerprint density at radius 2 is 2.11 bits per heavy atom. The Balaban J connectivity index is 3.17. The summed E-state index contributed by atoms with van der Waals surface area (Å²) in [6.45, 7) is 1.89. The van der Waals surface area contributed by atoms with Gasteiger partial charge in [0.05, 0.1) is 3.57 Å². The maximum Gasteiger partial charge on any atom is 0.126 e. The van der Waals surface area contributed by atoms with Gasteiger partial charge in [0.1, 0.15) is 9.53 Å². The van der Waals surface area contributed by atoms with E-state index in [0.717, 1.165) is 13.1 Å². The number of aryl methyl sites for hydroxylation is 1. The van der Waals surface area contributed by atoms with Crippen molar-refractivity contribution in [1.29, 1.82) is 0 Å². The minimum absolute atomic E-state index is 0.833. The number of hydrogen-bond donors (Lipinski definition) is 0. The van der Waals surface area contributed by atoms with Gasteiger partial charge in [0, 0.05) is 6.20 Å². The zero-order valence-electron chi connectivity index (χ0n) is 4.73. The minimum Gasteiger partial charge on any atom is -0.241 e. The van der Waals surface area contributed by atoms with Crippen molar-refractivity contribution in [2.75, 3.05) is 0 Å². The molecule has 0 aliphatic heterocycles. The van der Waals surface area contributed by atoms with Crippen LogP contribution in [0.15, 0.2) is 6.20 Å². The summed E-state index contributed by atoms with van der Waals surface area (Å²) in [6.07, 6.45) is 1.82. The molecule has 1 rings (SSSR count). The summed E-state index contributed by atoms with van der Waals surface area (Å²) >= 11 is 4.40. The molecular weight excluding hydrogens is 342 g/mol. The molecule has 0 aromatic carbocycles. The molecular formula is C5H4I2N2. The van der Waals surface area contributed by atoms with E-state index in [4.69, 9.17) is 0 Å². The molecule has 0 aliphatic rings. The van der Waals surface area contributed by atoms with Crippen LogP contribution in [0, 0.1) is 14.2 Å². The lowest BCUT2D eigenvalue weighted by molar-refractivity contribution is 1.02. The lowest BCUT2D eigenvalue weighted by atomic mass is 10.6. The maximum absolute atomic E-state index is 4.14. The first-order valence-electron chi connectivity index (χ1n) is 2.35. The van der Waals surface area contributed by atoms with Crippen LogP contribution in [-0.4, -0.2) is 9.97 Å². The van der Waals surface area contributed by atoms with E-state index in [1.165, 1.54) is 0 Å². The Hall–Kier alpha value is 0.540. The molecule has 9 heavy (non-hydrogen) atoms. The monoisotopic (exact) mass is 346 g/mol.